The lowest BCUT2D eigenvalue weighted by atomic mass is 9.78. The van der Waals surface area contributed by atoms with Gasteiger partial charge in [0.15, 0.2) is 0 Å². The van der Waals surface area contributed by atoms with Gasteiger partial charge in [-0.15, -0.1) is 0 Å². The van der Waals surface area contributed by atoms with E-state index in [9.17, 15) is 14.7 Å². The van der Waals surface area contributed by atoms with E-state index >= 15 is 0 Å². The third-order valence-corrected chi connectivity index (χ3v) is 4.69. The van der Waals surface area contributed by atoms with Gasteiger partial charge in [-0.05, 0) is 59.7 Å². The number of carboxylic acid groups (broad SMARTS) is 1. The molecule has 2 aliphatic rings. The van der Waals surface area contributed by atoms with Crippen molar-refractivity contribution in [2.45, 2.75) is 25.0 Å². The van der Waals surface area contributed by atoms with Crippen molar-refractivity contribution in [2.75, 3.05) is 5.32 Å². The molecular weight excluding hydrogens is 373 g/mol. The van der Waals surface area contributed by atoms with Crippen molar-refractivity contribution in [1.82, 2.24) is 0 Å². The number of carbonyl (C=O) groups excluding carboxylic acids is 1. The third kappa shape index (κ3) is 2.42. The SMILES string of the molecule is O=C(O)[C@H]1[C@H](C(=O)Nc2ccc(I)cc2)[C@H]2CC[C@H]1O2. The van der Waals surface area contributed by atoms with E-state index in [4.69, 9.17) is 4.74 Å². The molecule has 0 unspecified atom stereocenters. The second-order valence-electron chi connectivity index (χ2n) is 5.18. The van der Waals surface area contributed by atoms with Crippen LogP contribution in [0.2, 0.25) is 0 Å². The van der Waals surface area contributed by atoms with Crippen LogP contribution in [0.25, 0.3) is 0 Å². The molecule has 5 nitrogen and oxygen atoms in total. The van der Waals surface area contributed by atoms with E-state index in [2.05, 4.69) is 27.9 Å². The molecular formula is C14H14INO4. The summed E-state index contributed by atoms with van der Waals surface area (Å²) in [6.07, 6.45) is 0.920. The summed E-state index contributed by atoms with van der Waals surface area (Å²) in [6.45, 7) is 0. The highest BCUT2D eigenvalue weighted by molar-refractivity contribution is 14.1. The maximum atomic E-state index is 12.3. The summed E-state index contributed by atoms with van der Waals surface area (Å²) in [5.74, 6) is -2.52. The monoisotopic (exact) mass is 387 g/mol. The first-order valence-electron chi connectivity index (χ1n) is 6.51. The van der Waals surface area contributed by atoms with Gasteiger partial charge in [0.2, 0.25) is 5.91 Å². The molecule has 0 aliphatic carbocycles. The number of carboxylic acids is 1. The Hall–Kier alpha value is -1.15. The number of benzene rings is 1. The highest BCUT2D eigenvalue weighted by Crippen LogP contribution is 2.44. The predicted octanol–water partition coefficient (Wildman–Crippen LogP) is 2.11. The van der Waals surface area contributed by atoms with Crippen LogP contribution in [0.15, 0.2) is 24.3 Å². The highest BCUT2D eigenvalue weighted by Gasteiger charge is 2.55. The number of ether oxygens (including phenoxy) is 1. The standard InChI is InChI=1S/C14H14INO4/c15-7-1-3-8(4-2-7)16-13(17)11-9-5-6-10(20-9)12(11)14(18)19/h1-4,9-12H,5-6H2,(H,16,17)(H,18,19)/t9-,10-,11-,12-/m1/s1. The maximum absolute atomic E-state index is 12.3. The number of halogens is 1. The quantitative estimate of drug-likeness (QED) is 0.780. The van der Waals surface area contributed by atoms with Gasteiger partial charge in [-0.2, -0.15) is 0 Å². The molecule has 2 bridgehead atoms. The first kappa shape index (κ1) is 13.8. The van der Waals surface area contributed by atoms with Crippen LogP contribution in [-0.2, 0) is 14.3 Å². The van der Waals surface area contributed by atoms with E-state index in [1.54, 1.807) is 0 Å². The molecule has 2 fully saturated rings. The number of anilines is 1. The molecule has 2 saturated heterocycles. The van der Waals surface area contributed by atoms with Gasteiger partial charge in [0.05, 0.1) is 24.0 Å². The van der Waals surface area contributed by atoms with Crippen molar-refractivity contribution in [3.05, 3.63) is 27.8 Å². The number of aliphatic carboxylic acids is 1. The summed E-state index contributed by atoms with van der Waals surface area (Å²) in [5, 5.41) is 12.1. The van der Waals surface area contributed by atoms with Crippen molar-refractivity contribution in [2.24, 2.45) is 11.8 Å². The van der Waals surface area contributed by atoms with Gasteiger partial charge in [-0.25, -0.2) is 0 Å². The molecule has 1 aromatic carbocycles. The fourth-order valence-electron chi connectivity index (χ4n) is 3.08. The average Bonchev–Trinajstić information content (AvgIpc) is 3.01. The molecule has 0 spiro atoms. The van der Waals surface area contributed by atoms with E-state index in [0.717, 1.165) is 16.4 Å². The smallest absolute Gasteiger partial charge is 0.310 e. The zero-order valence-electron chi connectivity index (χ0n) is 10.6. The van der Waals surface area contributed by atoms with Gasteiger partial charge in [0, 0.05) is 9.26 Å². The molecule has 0 radical (unpaired) electrons. The highest BCUT2D eigenvalue weighted by atomic mass is 127. The van der Waals surface area contributed by atoms with Gasteiger partial charge in [0.1, 0.15) is 0 Å². The number of nitrogens with one attached hydrogen (secondary N) is 1. The Bertz CT molecular complexity index is 545. The van der Waals surface area contributed by atoms with Crippen molar-refractivity contribution < 1.29 is 19.4 Å². The molecule has 2 heterocycles. The molecule has 20 heavy (non-hydrogen) atoms. The van der Waals surface area contributed by atoms with E-state index in [1.807, 2.05) is 24.3 Å². The molecule has 1 aromatic rings. The lowest BCUT2D eigenvalue weighted by molar-refractivity contribution is -0.147. The number of rotatable bonds is 3. The van der Waals surface area contributed by atoms with E-state index < -0.39 is 17.8 Å². The second-order valence-corrected chi connectivity index (χ2v) is 6.42. The van der Waals surface area contributed by atoms with Crippen LogP contribution >= 0.6 is 22.6 Å². The first-order valence-corrected chi connectivity index (χ1v) is 7.59. The Morgan fingerprint density at radius 1 is 1.15 bits per heavy atom. The Morgan fingerprint density at radius 2 is 1.75 bits per heavy atom. The third-order valence-electron chi connectivity index (χ3n) is 3.97. The fraction of sp³-hybridized carbons (Fsp3) is 0.429. The summed E-state index contributed by atoms with van der Waals surface area (Å²) in [7, 11) is 0. The molecule has 6 heteroatoms. The zero-order valence-corrected chi connectivity index (χ0v) is 12.7. The average molecular weight is 387 g/mol. The number of hydrogen-bond acceptors (Lipinski definition) is 3. The molecule has 1 amide bonds. The Morgan fingerprint density at radius 3 is 2.35 bits per heavy atom. The number of hydrogen-bond donors (Lipinski definition) is 2. The summed E-state index contributed by atoms with van der Waals surface area (Å²) in [5.41, 5.74) is 0.683. The second kappa shape index (κ2) is 5.33. The van der Waals surface area contributed by atoms with Crippen LogP contribution in [0.5, 0.6) is 0 Å². The van der Waals surface area contributed by atoms with E-state index in [1.165, 1.54) is 0 Å². The lowest BCUT2D eigenvalue weighted by Crippen LogP contribution is -2.40. The Labute approximate surface area is 129 Å². The van der Waals surface area contributed by atoms with Crippen LogP contribution < -0.4 is 5.32 Å². The summed E-state index contributed by atoms with van der Waals surface area (Å²) in [4.78, 5) is 23.7. The predicted molar refractivity (Wildman–Crippen MR) is 80.3 cm³/mol. The minimum absolute atomic E-state index is 0.259. The van der Waals surface area contributed by atoms with Gasteiger partial charge in [0.25, 0.3) is 0 Å². The maximum Gasteiger partial charge on any atom is 0.310 e. The van der Waals surface area contributed by atoms with Gasteiger partial charge < -0.3 is 15.2 Å². The van der Waals surface area contributed by atoms with Crippen molar-refractivity contribution in [1.29, 1.82) is 0 Å². The largest absolute Gasteiger partial charge is 0.481 e. The normalized spacial score (nSPS) is 31.2. The Kier molecular flexibility index (Phi) is 3.68. The lowest BCUT2D eigenvalue weighted by Gasteiger charge is -2.23. The number of amides is 1. The van der Waals surface area contributed by atoms with E-state index in [0.29, 0.717) is 5.69 Å². The topological polar surface area (TPSA) is 75.6 Å². The molecule has 3 rings (SSSR count). The van der Waals surface area contributed by atoms with Gasteiger partial charge >= 0.3 is 5.97 Å². The minimum atomic E-state index is -0.944. The summed E-state index contributed by atoms with van der Waals surface area (Å²) < 4.78 is 6.67. The minimum Gasteiger partial charge on any atom is -0.481 e. The number of fused-ring (bicyclic) bond motifs is 2. The Balaban J connectivity index is 1.76. The molecule has 106 valence electrons. The zero-order chi connectivity index (χ0) is 14.3. The van der Waals surface area contributed by atoms with Crippen molar-refractivity contribution in [3.8, 4) is 0 Å². The molecule has 2 N–H and O–H groups in total. The summed E-state index contributed by atoms with van der Waals surface area (Å²) >= 11 is 2.18. The van der Waals surface area contributed by atoms with E-state index in [-0.39, 0.29) is 18.1 Å². The summed E-state index contributed by atoms with van der Waals surface area (Å²) in [6, 6.07) is 7.40. The van der Waals surface area contributed by atoms with Crippen LogP contribution in [0, 0.1) is 15.4 Å². The van der Waals surface area contributed by atoms with Gasteiger partial charge in [-0.1, -0.05) is 0 Å². The molecule has 0 saturated carbocycles. The van der Waals surface area contributed by atoms with Crippen LogP contribution in [0.1, 0.15) is 12.8 Å². The van der Waals surface area contributed by atoms with Crippen molar-refractivity contribution >= 4 is 40.2 Å². The first-order chi connectivity index (χ1) is 9.56. The number of carbonyl (C=O) groups is 2. The van der Waals surface area contributed by atoms with Crippen LogP contribution in [0.4, 0.5) is 5.69 Å². The van der Waals surface area contributed by atoms with Crippen LogP contribution in [-0.4, -0.2) is 29.2 Å². The molecule has 4 atom stereocenters. The fourth-order valence-corrected chi connectivity index (χ4v) is 3.44. The molecule has 2 aliphatic heterocycles. The van der Waals surface area contributed by atoms with Gasteiger partial charge in [-0.3, -0.25) is 9.59 Å². The van der Waals surface area contributed by atoms with Crippen molar-refractivity contribution in [3.63, 3.8) is 0 Å². The van der Waals surface area contributed by atoms with Crippen LogP contribution in [0.3, 0.4) is 0 Å². The molecule has 0 aromatic heterocycles.